The molecule has 2 atom stereocenters. The van der Waals surface area contributed by atoms with Gasteiger partial charge in [-0.2, -0.15) is 0 Å². The highest BCUT2D eigenvalue weighted by molar-refractivity contribution is 7.37. The van der Waals surface area contributed by atoms with E-state index >= 15 is 0 Å². The molecule has 1 saturated heterocycles. The monoisotopic (exact) mass is 291 g/mol. The van der Waals surface area contributed by atoms with Crippen molar-refractivity contribution in [3.63, 3.8) is 0 Å². The molecule has 0 aliphatic carbocycles. The summed E-state index contributed by atoms with van der Waals surface area (Å²) in [6.45, 7) is 4.04. The number of cyclic esters (lactones) is 1. The van der Waals surface area contributed by atoms with Gasteiger partial charge in [0.2, 0.25) is 5.91 Å². The minimum absolute atomic E-state index is 0.00446. The van der Waals surface area contributed by atoms with E-state index in [1.807, 2.05) is 37.0 Å². The number of nitrogens with zero attached hydrogens (tertiary/aromatic N) is 1. The second kappa shape index (κ2) is 6.67. The number of carbonyl (C=O) groups excluding carboxylic acids is 2. The third-order valence-corrected chi connectivity index (χ3v) is 4.01. The first-order chi connectivity index (χ1) is 9.69. The lowest BCUT2D eigenvalue weighted by Gasteiger charge is -2.25. The summed E-state index contributed by atoms with van der Waals surface area (Å²) in [5, 5.41) is 0. The Kier molecular flexibility index (Phi) is 4.91. The molecule has 0 bridgehead atoms. The Morgan fingerprint density at radius 2 is 2.20 bits per heavy atom. The Balaban J connectivity index is 2.34. The standard InChI is InChI=1S/C15H18NO3P/c1-3-14(17)16-13(9-19-15(16)18)12(10-20-2)11-7-5-4-6-8-11/h4-8,10,12-13H,3,9H2,1-2H3/t12?,13-/m0/s1. The van der Waals surface area contributed by atoms with Crippen LogP contribution in [-0.4, -0.2) is 42.0 Å². The summed E-state index contributed by atoms with van der Waals surface area (Å²) in [7, 11) is 1.11. The van der Waals surface area contributed by atoms with Crippen LogP contribution in [0, 0.1) is 0 Å². The van der Waals surface area contributed by atoms with Crippen molar-refractivity contribution in [2.45, 2.75) is 25.3 Å². The van der Waals surface area contributed by atoms with E-state index in [1.165, 1.54) is 4.90 Å². The molecule has 0 spiro atoms. The number of hydrogen-bond donors (Lipinski definition) is 0. The molecule has 1 heterocycles. The number of rotatable bonds is 4. The second-order valence-electron chi connectivity index (χ2n) is 4.61. The third kappa shape index (κ3) is 2.91. The average molecular weight is 291 g/mol. The van der Waals surface area contributed by atoms with Crippen molar-refractivity contribution in [3.8, 4) is 0 Å². The topological polar surface area (TPSA) is 46.6 Å². The van der Waals surface area contributed by atoms with E-state index in [-0.39, 0.29) is 24.5 Å². The van der Waals surface area contributed by atoms with Crippen LogP contribution >= 0.6 is 8.20 Å². The van der Waals surface area contributed by atoms with E-state index in [9.17, 15) is 9.59 Å². The highest BCUT2D eigenvalue weighted by atomic mass is 31.1. The van der Waals surface area contributed by atoms with Crippen molar-refractivity contribution in [1.29, 1.82) is 0 Å². The van der Waals surface area contributed by atoms with Crippen LogP contribution in [0.25, 0.3) is 0 Å². The molecule has 1 aliphatic rings. The Morgan fingerprint density at radius 3 is 2.80 bits per heavy atom. The Morgan fingerprint density at radius 1 is 1.50 bits per heavy atom. The van der Waals surface area contributed by atoms with E-state index in [4.69, 9.17) is 4.74 Å². The van der Waals surface area contributed by atoms with Gasteiger partial charge in [-0.1, -0.05) is 43.1 Å². The summed E-state index contributed by atoms with van der Waals surface area (Å²) in [4.78, 5) is 25.1. The zero-order valence-corrected chi connectivity index (χ0v) is 12.5. The number of ether oxygens (including phenoxy) is 1. The maximum absolute atomic E-state index is 12.0. The molecule has 20 heavy (non-hydrogen) atoms. The van der Waals surface area contributed by atoms with E-state index in [0.717, 1.165) is 13.8 Å². The van der Waals surface area contributed by atoms with Gasteiger partial charge >= 0.3 is 6.09 Å². The summed E-state index contributed by atoms with van der Waals surface area (Å²) >= 11 is 0. The fourth-order valence-corrected chi connectivity index (χ4v) is 3.09. The molecule has 0 saturated carbocycles. The minimum Gasteiger partial charge on any atom is -0.447 e. The van der Waals surface area contributed by atoms with Crippen LogP contribution in [0.2, 0.25) is 0 Å². The summed E-state index contributed by atoms with van der Waals surface area (Å²) in [5.74, 6) is 1.93. The van der Waals surface area contributed by atoms with Crippen molar-refractivity contribution in [3.05, 3.63) is 35.9 Å². The Bertz CT molecular complexity index is 515. The predicted octanol–water partition coefficient (Wildman–Crippen LogP) is 2.91. The van der Waals surface area contributed by atoms with Gasteiger partial charge in [-0.25, -0.2) is 9.69 Å². The van der Waals surface area contributed by atoms with Gasteiger partial charge in [-0.15, -0.1) is 8.20 Å². The smallest absolute Gasteiger partial charge is 0.417 e. The predicted molar refractivity (Wildman–Crippen MR) is 80.4 cm³/mol. The van der Waals surface area contributed by atoms with Crippen molar-refractivity contribution < 1.29 is 14.3 Å². The fraction of sp³-hybridized carbons (Fsp3) is 0.400. The number of imide groups is 1. The summed E-state index contributed by atoms with van der Waals surface area (Å²) in [5.41, 5.74) is 1.10. The van der Waals surface area contributed by atoms with Gasteiger partial charge < -0.3 is 4.74 Å². The first-order valence-corrected chi connectivity index (χ1v) is 8.06. The highest BCUT2D eigenvalue weighted by Gasteiger charge is 2.41. The van der Waals surface area contributed by atoms with Crippen LogP contribution in [0.1, 0.15) is 24.8 Å². The van der Waals surface area contributed by atoms with Crippen LogP contribution in [0.15, 0.2) is 30.3 Å². The largest absolute Gasteiger partial charge is 0.447 e. The molecule has 1 aliphatic heterocycles. The second-order valence-corrected chi connectivity index (χ2v) is 5.42. The molecule has 0 N–H and O–H groups in total. The fourth-order valence-electron chi connectivity index (χ4n) is 2.40. The molecule has 1 aromatic carbocycles. The zero-order valence-electron chi connectivity index (χ0n) is 11.7. The van der Waals surface area contributed by atoms with Gasteiger partial charge in [0, 0.05) is 12.3 Å². The molecule has 4 nitrogen and oxygen atoms in total. The molecule has 0 aromatic heterocycles. The number of benzene rings is 1. The minimum atomic E-state index is -0.524. The Labute approximate surface area is 120 Å². The average Bonchev–Trinajstić information content (AvgIpc) is 2.86. The third-order valence-electron chi connectivity index (χ3n) is 3.39. The number of carbonyl (C=O) groups is 2. The normalized spacial score (nSPS) is 20.2. The molecule has 1 unspecified atom stereocenters. The van der Waals surface area contributed by atoms with Crippen molar-refractivity contribution in [2.24, 2.45) is 0 Å². The first-order valence-electron chi connectivity index (χ1n) is 6.65. The van der Waals surface area contributed by atoms with Gasteiger partial charge in [-0.05, 0) is 12.2 Å². The molecule has 1 fully saturated rings. The summed E-state index contributed by atoms with van der Waals surface area (Å²) in [6, 6.07) is 9.67. The lowest BCUT2D eigenvalue weighted by atomic mass is 9.93. The molecular formula is C15H18NO3P. The van der Waals surface area contributed by atoms with Gasteiger partial charge in [0.15, 0.2) is 0 Å². The number of hydrogen-bond acceptors (Lipinski definition) is 3. The van der Waals surface area contributed by atoms with Crippen LogP contribution in [-0.2, 0) is 9.53 Å². The molecule has 2 amide bonds. The van der Waals surface area contributed by atoms with Gasteiger partial charge in [0.1, 0.15) is 6.61 Å². The van der Waals surface area contributed by atoms with E-state index < -0.39 is 6.09 Å². The van der Waals surface area contributed by atoms with Gasteiger partial charge in [-0.3, -0.25) is 4.79 Å². The highest BCUT2D eigenvalue weighted by Crippen LogP contribution is 2.28. The van der Waals surface area contributed by atoms with E-state index in [2.05, 4.69) is 5.80 Å². The van der Waals surface area contributed by atoms with Crippen LogP contribution in [0.3, 0.4) is 0 Å². The van der Waals surface area contributed by atoms with Crippen LogP contribution in [0.4, 0.5) is 4.79 Å². The molecule has 0 radical (unpaired) electrons. The molecule has 106 valence electrons. The van der Waals surface area contributed by atoms with Crippen LogP contribution in [0.5, 0.6) is 0 Å². The maximum atomic E-state index is 12.0. The quantitative estimate of drug-likeness (QED) is 0.801. The molecule has 1 aromatic rings. The van der Waals surface area contributed by atoms with E-state index in [1.54, 1.807) is 6.92 Å². The van der Waals surface area contributed by atoms with Gasteiger partial charge in [0.05, 0.1) is 6.04 Å². The van der Waals surface area contributed by atoms with Crippen molar-refractivity contribution >= 4 is 26.0 Å². The SMILES string of the molecule is CCC(=O)N1C(=O)OC[C@H]1C(/C=P/C)c1ccccc1. The maximum Gasteiger partial charge on any atom is 0.417 e. The van der Waals surface area contributed by atoms with Gasteiger partial charge in [0.25, 0.3) is 0 Å². The lowest BCUT2D eigenvalue weighted by Crippen LogP contribution is -2.42. The molecular weight excluding hydrogens is 273 g/mol. The molecule has 5 heteroatoms. The van der Waals surface area contributed by atoms with Crippen molar-refractivity contribution in [1.82, 2.24) is 4.90 Å². The zero-order chi connectivity index (χ0) is 14.5. The summed E-state index contributed by atoms with van der Waals surface area (Å²) in [6.07, 6.45) is -0.222. The first kappa shape index (κ1) is 14.7. The summed E-state index contributed by atoms with van der Waals surface area (Å²) < 4.78 is 5.09. The van der Waals surface area contributed by atoms with Crippen LogP contribution < -0.4 is 0 Å². The lowest BCUT2D eigenvalue weighted by molar-refractivity contribution is -0.128. The van der Waals surface area contributed by atoms with E-state index in [0.29, 0.717) is 6.42 Å². The Hall–Kier alpha value is -1.67. The van der Waals surface area contributed by atoms with Crippen molar-refractivity contribution in [2.75, 3.05) is 13.3 Å². The molecule has 2 rings (SSSR count). The number of amides is 2.